The molecule has 2 aliphatic heterocycles. The first-order chi connectivity index (χ1) is 11.7. The number of piperazine rings is 1. The number of rotatable bonds is 3. The fourth-order valence-corrected chi connectivity index (χ4v) is 4.01. The largest absolute Gasteiger partial charge is 0.361 e. The SMILES string of the molecule is O=CN1CCN(N2CCC(c3c[nH]c4ccc(F)cc34)CC2)CC1. The highest BCUT2D eigenvalue weighted by Gasteiger charge is 2.27. The van der Waals surface area contributed by atoms with E-state index in [9.17, 15) is 9.18 Å². The summed E-state index contributed by atoms with van der Waals surface area (Å²) >= 11 is 0. The zero-order chi connectivity index (χ0) is 16.5. The first-order valence-corrected chi connectivity index (χ1v) is 8.70. The lowest BCUT2D eigenvalue weighted by atomic mass is 9.89. The third-order valence-corrected chi connectivity index (χ3v) is 5.43. The van der Waals surface area contributed by atoms with E-state index < -0.39 is 0 Å². The van der Waals surface area contributed by atoms with Gasteiger partial charge in [0, 0.05) is 56.4 Å². The van der Waals surface area contributed by atoms with Gasteiger partial charge in [-0.3, -0.25) is 4.79 Å². The molecular formula is C18H23FN4O. The lowest BCUT2D eigenvalue weighted by molar-refractivity contribution is -0.124. The fourth-order valence-electron chi connectivity index (χ4n) is 4.01. The predicted octanol–water partition coefficient (Wildman–Crippen LogP) is 2.18. The van der Waals surface area contributed by atoms with Crippen molar-refractivity contribution >= 4 is 17.3 Å². The van der Waals surface area contributed by atoms with Crippen LogP contribution in [0.25, 0.3) is 10.9 Å². The van der Waals surface area contributed by atoms with Crippen LogP contribution in [0.3, 0.4) is 0 Å². The molecule has 6 heteroatoms. The number of carbonyl (C=O) groups excluding carboxylic acids is 1. The summed E-state index contributed by atoms with van der Waals surface area (Å²) in [5.41, 5.74) is 2.26. The van der Waals surface area contributed by atoms with Gasteiger partial charge in [-0.05, 0) is 42.5 Å². The molecule has 0 spiro atoms. The molecule has 0 atom stereocenters. The van der Waals surface area contributed by atoms with E-state index in [0.29, 0.717) is 5.92 Å². The van der Waals surface area contributed by atoms with Crippen LogP contribution in [0.5, 0.6) is 0 Å². The van der Waals surface area contributed by atoms with Crippen molar-refractivity contribution in [3.8, 4) is 0 Å². The highest BCUT2D eigenvalue weighted by Crippen LogP contribution is 2.33. The molecule has 0 saturated carbocycles. The molecule has 24 heavy (non-hydrogen) atoms. The number of aromatic nitrogens is 1. The van der Waals surface area contributed by atoms with Crippen LogP contribution < -0.4 is 0 Å². The fraction of sp³-hybridized carbons (Fsp3) is 0.500. The standard InChI is InChI=1S/C18H23FN4O/c19-15-1-2-18-16(11-15)17(12-20-18)14-3-5-22(6-4-14)23-9-7-21(13-24)8-10-23/h1-2,11-14,20H,3-10H2. The Morgan fingerprint density at radius 2 is 1.75 bits per heavy atom. The van der Waals surface area contributed by atoms with Crippen molar-refractivity contribution in [3.05, 3.63) is 35.8 Å². The number of amides is 1. The van der Waals surface area contributed by atoms with Gasteiger partial charge in [-0.25, -0.2) is 14.4 Å². The van der Waals surface area contributed by atoms with Gasteiger partial charge in [0.1, 0.15) is 5.82 Å². The summed E-state index contributed by atoms with van der Waals surface area (Å²) in [6.45, 7) is 5.50. The number of carbonyl (C=O) groups is 1. The van der Waals surface area contributed by atoms with E-state index in [1.54, 1.807) is 6.07 Å². The van der Waals surface area contributed by atoms with Crippen LogP contribution in [-0.4, -0.2) is 65.6 Å². The molecule has 5 nitrogen and oxygen atoms in total. The minimum Gasteiger partial charge on any atom is -0.361 e. The Balaban J connectivity index is 1.40. The van der Waals surface area contributed by atoms with Crippen LogP contribution in [-0.2, 0) is 4.79 Å². The average Bonchev–Trinajstić information content (AvgIpc) is 3.05. The Bertz CT molecular complexity index is 715. The Labute approximate surface area is 141 Å². The maximum atomic E-state index is 13.6. The van der Waals surface area contributed by atoms with Gasteiger partial charge in [0.15, 0.2) is 0 Å². The Hall–Kier alpha value is -1.92. The van der Waals surface area contributed by atoms with E-state index in [-0.39, 0.29) is 5.82 Å². The molecule has 3 heterocycles. The average molecular weight is 330 g/mol. The quantitative estimate of drug-likeness (QED) is 0.877. The Kier molecular flexibility index (Phi) is 4.24. The Morgan fingerprint density at radius 1 is 1.04 bits per heavy atom. The second-order valence-electron chi connectivity index (χ2n) is 6.76. The summed E-state index contributed by atoms with van der Waals surface area (Å²) in [4.78, 5) is 15.9. The molecular weight excluding hydrogens is 307 g/mol. The van der Waals surface area contributed by atoms with Crippen molar-refractivity contribution in [2.24, 2.45) is 0 Å². The molecule has 2 aromatic rings. The van der Waals surface area contributed by atoms with Crippen LogP contribution >= 0.6 is 0 Å². The molecule has 0 unspecified atom stereocenters. The first-order valence-electron chi connectivity index (χ1n) is 8.70. The minimum absolute atomic E-state index is 0.172. The zero-order valence-electron chi connectivity index (χ0n) is 13.7. The minimum atomic E-state index is -0.172. The summed E-state index contributed by atoms with van der Waals surface area (Å²) in [7, 11) is 0. The highest BCUT2D eigenvalue weighted by atomic mass is 19.1. The first kappa shape index (κ1) is 15.6. The van der Waals surface area contributed by atoms with Gasteiger partial charge in [-0.1, -0.05) is 0 Å². The predicted molar refractivity (Wildman–Crippen MR) is 91.0 cm³/mol. The molecule has 1 aromatic heterocycles. The lowest BCUT2D eigenvalue weighted by Gasteiger charge is -2.43. The number of nitrogens with zero attached hydrogens (tertiary/aromatic N) is 3. The monoisotopic (exact) mass is 330 g/mol. The molecule has 4 rings (SSSR count). The van der Waals surface area contributed by atoms with E-state index in [4.69, 9.17) is 0 Å². The lowest BCUT2D eigenvalue weighted by Crippen LogP contribution is -2.55. The summed E-state index contributed by atoms with van der Waals surface area (Å²) in [5.74, 6) is 0.307. The van der Waals surface area contributed by atoms with Gasteiger partial charge in [0.2, 0.25) is 6.41 Å². The number of nitrogens with one attached hydrogen (secondary N) is 1. The summed E-state index contributed by atoms with van der Waals surface area (Å²) in [6.07, 6.45) is 5.15. The van der Waals surface area contributed by atoms with Crippen molar-refractivity contribution in [2.75, 3.05) is 39.3 Å². The van der Waals surface area contributed by atoms with Gasteiger partial charge < -0.3 is 9.88 Å². The number of H-pyrrole nitrogens is 1. The zero-order valence-corrected chi connectivity index (χ0v) is 13.7. The van der Waals surface area contributed by atoms with Crippen molar-refractivity contribution in [1.29, 1.82) is 0 Å². The molecule has 2 fully saturated rings. The smallest absolute Gasteiger partial charge is 0.209 e. The van der Waals surface area contributed by atoms with Gasteiger partial charge in [0.05, 0.1) is 0 Å². The van der Waals surface area contributed by atoms with Gasteiger partial charge in [-0.15, -0.1) is 0 Å². The number of hydrogen-bond acceptors (Lipinski definition) is 3. The van der Waals surface area contributed by atoms with Crippen LogP contribution in [0.15, 0.2) is 24.4 Å². The van der Waals surface area contributed by atoms with E-state index in [1.807, 2.05) is 17.2 Å². The van der Waals surface area contributed by atoms with Crippen LogP contribution in [0.4, 0.5) is 4.39 Å². The van der Waals surface area contributed by atoms with Crippen LogP contribution in [0, 0.1) is 5.82 Å². The topological polar surface area (TPSA) is 42.6 Å². The third kappa shape index (κ3) is 2.91. The molecule has 1 amide bonds. The number of benzene rings is 1. The number of fused-ring (bicyclic) bond motifs is 1. The van der Waals surface area contributed by atoms with E-state index in [2.05, 4.69) is 15.0 Å². The van der Waals surface area contributed by atoms with Crippen molar-refractivity contribution in [1.82, 2.24) is 19.9 Å². The van der Waals surface area contributed by atoms with Gasteiger partial charge in [0.25, 0.3) is 0 Å². The molecule has 0 radical (unpaired) electrons. The molecule has 2 saturated heterocycles. The summed E-state index contributed by atoms with van der Waals surface area (Å²) in [6, 6.07) is 4.96. The molecule has 1 N–H and O–H groups in total. The molecule has 0 aliphatic carbocycles. The Morgan fingerprint density at radius 3 is 2.46 bits per heavy atom. The highest BCUT2D eigenvalue weighted by molar-refractivity contribution is 5.83. The number of hydrazine groups is 1. The number of halogens is 1. The normalized spacial score (nSPS) is 21.5. The maximum Gasteiger partial charge on any atom is 0.209 e. The van der Waals surface area contributed by atoms with Crippen LogP contribution in [0.2, 0.25) is 0 Å². The van der Waals surface area contributed by atoms with Crippen molar-refractivity contribution in [2.45, 2.75) is 18.8 Å². The third-order valence-electron chi connectivity index (χ3n) is 5.43. The van der Waals surface area contributed by atoms with E-state index >= 15 is 0 Å². The number of piperidine rings is 1. The maximum absolute atomic E-state index is 13.6. The second-order valence-corrected chi connectivity index (χ2v) is 6.76. The molecule has 1 aromatic carbocycles. The molecule has 128 valence electrons. The van der Waals surface area contributed by atoms with Gasteiger partial charge in [-0.2, -0.15) is 0 Å². The number of aromatic amines is 1. The second kappa shape index (κ2) is 6.53. The summed E-state index contributed by atoms with van der Waals surface area (Å²) < 4.78 is 13.6. The van der Waals surface area contributed by atoms with Crippen molar-refractivity contribution < 1.29 is 9.18 Å². The molecule has 2 aliphatic rings. The van der Waals surface area contributed by atoms with Gasteiger partial charge >= 0.3 is 0 Å². The summed E-state index contributed by atoms with van der Waals surface area (Å²) in [5, 5.41) is 5.83. The van der Waals surface area contributed by atoms with E-state index in [0.717, 1.165) is 69.4 Å². The number of hydrogen-bond donors (Lipinski definition) is 1. The molecule has 0 bridgehead atoms. The van der Waals surface area contributed by atoms with Crippen LogP contribution in [0.1, 0.15) is 24.3 Å². The van der Waals surface area contributed by atoms with Crippen molar-refractivity contribution in [3.63, 3.8) is 0 Å². The van der Waals surface area contributed by atoms with E-state index in [1.165, 1.54) is 11.6 Å².